The summed E-state index contributed by atoms with van der Waals surface area (Å²) in [6.45, 7) is 4.54. The van der Waals surface area contributed by atoms with Gasteiger partial charge in [0.15, 0.2) is 11.0 Å². The Kier molecular flexibility index (Phi) is 7.74. The molecule has 0 bridgehead atoms. The highest BCUT2D eigenvalue weighted by molar-refractivity contribution is 9.10. The molecule has 29 heavy (non-hydrogen) atoms. The Morgan fingerprint density at radius 2 is 1.93 bits per heavy atom. The summed E-state index contributed by atoms with van der Waals surface area (Å²) < 4.78 is 8.58. The van der Waals surface area contributed by atoms with Crippen molar-refractivity contribution in [3.8, 4) is 5.75 Å². The van der Waals surface area contributed by atoms with Crippen molar-refractivity contribution >= 4 is 50.9 Å². The summed E-state index contributed by atoms with van der Waals surface area (Å²) in [6, 6.07) is 14.5. The van der Waals surface area contributed by atoms with E-state index in [9.17, 15) is 4.79 Å². The molecule has 2 aromatic carbocycles. The maximum atomic E-state index is 12.2. The van der Waals surface area contributed by atoms with Gasteiger partial charge in [-0.15, -0.1) is 16.8 Å². The monoisotopic (exact) mass is 492 g/mol. The summed E-state index contributed by atoms with van der Waals surface area (Å²) in [7, 11) is 0. The first-order chi connectivity index (χ1) is 14.0. The second kappa shape index (κ2) is 10.5. The van der Waals surface area contributed by atoms with Crippen molar-refractivity contribution in [3.63, 3.8) is 0 Å². The lowest BCUT2D eigenvalue weighted by molar-refractivity contribution is -0.113. The predicted octanol–water partition coefficient (Wildman–Crippen LogP) is 5.19. The van der Waals surface area contributed by atoms with Crippen molar-refractivity contribution in [3.05, 3.63) is 76.5 Å². The third kappa shape index (κ3) is 6.35. The van der Waals surface area contributed by atoms with Crippen LogP contribution in [-0.4, -0.2) is 26.4 Å². The number of aromatic nitrogens is 3. The van der Waals surface area contributed by atoms with Gasteiger partial charge in [-0.3, -0.25) is 9.36 Å². The highest BCUT2D eigenvalue weighted by Gasteiger charge is 2.14. The third-order valence-corrected chi connectivity index (χ3v) is 5.49. The zero-order chi connectivity index (χ0) is 20.6. The molecule has 0 aliphatic carbocycles. The molecule has 0 atom stereocenters. The van der Waals surface area contributed by atoms with Crippen LogP contribution in [0.25, 0.3) is 0 Å². The van der Waals surface area contributed by atoms with Crippen LogP contribution in [0.15, 0.2) is 70.8 Å². The van der Waals surface area contributed by atoms with Crippen molar-refractivity contribution in [2.75, 3.05) is 11.1 Å². The molecule has 3 rings (SSSR count). The number of hydrogen-bond acceptors (Lipinski definition) is 5. The van der Waals surface area contributed by atoms with Gasteiger partial charge in [0.25, 0.3) is 0 Å². The largest absolute Gasteiger partial charge is 0.486 e. The van der Waals surface area contributed by atoms with E-state index in [1.165, 1.54) is 11.8 Å². The maximum Gasteiger partial charge on any atom is 0.234 e. The zero-order valence-corrected chi connectivity index (χ0v) is 18.5. The number of rotatable bonds is 9. The predicted molar refractivity (Wildman–Crippen MR) is 119 cm³/mol. The van der Waals surface area contributed by atoms with Gasteiger partial charge in [0, 0.05) is 21.7 Å². The fourth-order valence-corrected chi connectivity index (χ4v) is 3.54. The van der Waals surface area contributed by atoms with Gasteiger partial charge in [0.2, 0.25) is 5.91 Å². The maximum absolute atomic E-state index is 12.2. The number of allylic oxidation sites excluding steroid dienone is 1. The van der Waals surface area contributed by atoms with Crippen LogP contribution in [0.3, 0.4) is 0 Å². The zero-order valence-electron chi connectivity index (χ0n) is 15.3. The second-order valence-corrected chi connectivity index (χ2v) is 8.18. The van der Waals surface area contributed by atoms with Gasteiger partial charge in [-0.25, -0.2) is 0 Å². The van der Waals surface area contributed by atoms with Crippen molar-refractivity contribution in [1.82, 2.24) is 14.8 Å². The summed E-state index contributed by atoms with van der Waals surface area (Å²) in [6.07, 6.45) is 1.75. The fraction of sp³-hybridized carbons (Fsp3) is 0.150. The molecular weight excluding hydrogens is 476 g/mol. The molecular formula is C20H18BrClN4O2S. The van der Waals surface area contributed by atoms with E-state index in [1.807, 2.05) is 28.8 Å². The molecule has 1 amide bonds. The van der Waals surface area contributed by atoms with Crippen LogP contribution in [0.2, 0.25) is 5.02 Å². The highest BCUT2D eigenvalue weighted by atomic mass is 79.9. The topological polar surface area (TPSA) is 69.0 Å². The SMILES string of the molecule is C=CCn1c(COc2ccc(Cl)cc2)nnc1SCC(=O)Nc1ccc(Br)cc1. The first kappa shape index (κ1) is 21.4. The number of benzene rings is 2. The van der Waals surface area contributed by atoms with E-state index in [4.69, 9.17) is 16.3 Å². The van der Waals surface area contributed by atoms with E-state index in [0.717, 1.165) is 10.2 Å². The van der Waals surface area contributed by atoms with Gasteiger partial charge in [-0.2, -0.15) is 0 Å². The van der Waals surface area contributed by atoms with Crippen molar-refractivity contribution < 1.29 is 9.53 Å². The lowest BCUT2D eigenvalue weighted by Gasteiger charge is -2.09. The second-order valence-electron chi connectivity index (χ2n) is 5.88. The average molecular weight is 494 g/mol. The fourth-order valence-electron chi connectivity index (χ4n) is 2.38. The van der Waals surface area contributed by atoms with E-state index in [-0.39, 0.29) is 18.3 Å². The molecule has 0 aliphatic heterocycles. The molecule has 1 N–H and O–H groups in total. The molecule has 150 valence electrons. The number of carbonyl (C=O) groups is 1. The van der Waals surface area contributed by atoms with E-state index in [1.54, 1.807) is 30.3 Å². The highest BCUT2D eigenvalue weighted by Crippen LogP contribution is 2.21. The number of hydrogen-bond donors (Lipinski definition) is 1. The molecule has 3 aromatic rings. The van der Waals surface area contributed by atoms with Crippen molar-refractivity contribution in [2.45, 2.75) is 18.3 Å². The quantitative estimate of drug-likeness (QED) is 0.328. The van der Waals surface area contributed by atoms with Gasteiger partial charge >= 0.3 is 0 Å². The summed E-state index contributed by atoms with van der Waals surface area (Å²) in [4.78, 5) is 12.2. The Labute approximate surface area is 186 Å². The average Bonchev–Trinajstić information content (AvgIpc) is 3.10. The van der Waals surface area contributed by atoms with E-state index >= 15 is 0 Å². The number of nitrogens with one attached hydrogen (secondary N) is 1. The molecule has 0 saturated carbocycles. The minimum absolute atomic E-state index is 0.121. The lowest BCUT2D eigenvalue weighted by atomic mass is 10.3. The van der Waals surface area contributed by atoms with E-state index < -0.39 is 0 Å². The molecule has 9 heteroatoms. The van der Waals surface area contributed by atoms with Crippen molar-refractivity contribution in [1.29, 1.82) is 0 Å². The number of anilines is 1. The minimum Gasteiger partial charge on any atom is -0.486 e. The van der Waals surface area contributed by atoms with E-state index in [0.29, 0.717) is 28.3 Å². The number of amides is 1. The number of nitrogens with zero attached hydrogens (tertiary/aromatic N) is 3. The number of carbonyl (C=O) groups excluding carboxylic acids is 1. The minimum atomic E-state index is -0.121. The van der Waals surface area contributed by atoms with Gasteiger partial charge in [0.05, 0.1) is 5.75 Å². The van der Waals surface area contributed by atoms with Crippen LogP contribution < -0.4 is 10.1 Å². The van der Waals surface area contributed by atoms with Crippen LogP contribution in [0.1, 0.15) is 5.82 Å². The normalized spacial score (nSPS) is 10.6. The molecule has 1 heterocycles. The molecule has 6 nitrogen and oxygen atoms in total. The number of ether oxygens (including phenoxy) is 1. The summed E-state index contributed by atoms with van der Waals surface area (Å²) in [5.41, 5.74) is 0.739. The first-order valence-electron chi connectivity index (χ1n) is 8.64. The molecule has 0 unspecified atom stereocenters. The number of halogens is 2. The van der Waals surface area contributed by atoms with Crippen molar-refractivity contribution in [2.24, 2.45) is 0 Å². The Bertz CT molecular complexity index is 977. The van der Waals surface area contributed by atoms with Gasteiger partial charge in [-0.05, 0) is 48.5 Å². The number of thioether (sulfide) groups is 1. The van der Waals surface area contributed by atoms with Gasteiger partial charge in [-0.1, -0.05) is 45.4 Å². The third-order valence-electron chi connectivity index (χ3n) is 3.75. The Morgan fingerprint density at radius 3 is 2.62 bits per heavy atom. The molecule has 0 spiro atoms. The Hall–Kier alpha value is -2.29. The van der Waals surface area contributed by atoms with Crippen LogP contribution >= 0.6 is 39.3 Å². The van der Waals surface area contributed by atoms with Gasteiger partial charge in [0.1, 0.15) is 12.4 Å². The van der Waals surface area contributed by atoms with Crippen LogP contribution in [-0.2, 0) is 17.9 Å². The molecule has 0 aliphatic rings. The molecule has 0 radical (unpaired) electrons. The van der Waals surface area contributed by atoms with Gasteiger partial charge < -0.3 is 10.1 Å². The molecule has 0 fully saturated rings. The standard InChI is InChI=1S/C20H18BrClN4O2S/c1-2-11-26-18(12-28-17-9-5-15(22)6-10-17)24-25-20(26)29-13-19(27)23-16-7-3-14(21)4-8-16/h2-10H,1,11-13H2,(H,23,27). The Morgan fingerprint density at radius 1 is 1.21 bits per heavy atom. The van der Waals surface area contributed by atoms with Crippen LogP contribution in [0.4, 0.5) is 5.69 Å². The smallest absolute Gasteiger partial charge is 0.234 e. The first-order valence-corrected chi connectivity index (χ1v) is 10.8. The van der Waals surface area contributed by atoms with Crippen LogP contribution in [0, 0.1) is 0 Å². The lowest BCUT2D eigenvalue weighted by Crippen LogP contribution is -2.15. The summed E-state index contributed by atoms with van der Waals surface area (Å²) >= 11 is 10.6. The van der Waals surface area contributed by atoms with Crippen LogP contribution in [0.5, 0.6) is 5.75 Å². The molecule has 0 saturated heterocycles. The molecule has 1 aromatic heterocycles. The van der Waals surface area contributed by atoms with E-state index in [2.05, 4.69) is 38.0 Å². The Balaban J connectivity index is 1.59. The summed E-state index contributed by atoms with van der Waals surface area (Å²) in [5, 5.41) is 12.5. The summed E-state index contributed by atoms with van der Waals surface area (Å²) in [5.74, 6) is 1.43.